The molecular weight excluding hydrogens is 260 g/mol. The van der Waals surface area contributed by atoms with Crippen LogP contribution in [0.3, 0.4) is 0 Å². The number of nitrogens with zero attached hydrogens (tertiary/aromatic N) is 1. The van der Waals surface area contributed by atoms with Gasteiger partial charge in [-0.15, -0.1) is 0 Å². The van der Waals surface area contributed by atoms with E-state index in [1.54, 1.807) is 6.20 Å². The quantitative estimate of drug-likeness (QED) is 0.610. The minimum atomic E-state index is -0.155. The predicted octanol–water partition coefficient (Wildman–Crippen LogP) is 5.17. The number of carbonyl (C=O) groups excluding carboxylic acids is 1. The highest BCUT2D eigenvalue weighted by atomic mass is 16.1. The van der Waals surface area contributed by atoms with Gasteiger partial charge in [0.05, 0.1) is 0 Å². The molecule has 21 heavy (non-hydrogen) atoms. The maximum absolute atomic E-state index is 12.2. The molecule has 0 saturated heterocycles. The predicted molar refractivity (Wildman–Crippen MR) is 93.2 cm³/mol. The molecule has 1 aromatic carbocycles. The summed E-state index contributed by atoms with van der Waals surface area (Å²) in [6.45, 7) is 15.1. The standard InChI is InChI=1S/C14H12N2O.2C2H6/c1-3-12(15-4-2)14(17)11-9-16-13-8-6-5-7-10(11)13;2*1-2/h3-9,16H,1-2H2;2*1-2H3. The number of hydrogen-bond donors (Lipinski definition) is 1. The van der Waals surface area contributed by atoms with Gasteiger partial charge in [0.15, 0.2) is 0 Å². The maximum atomic E-state index is 12.2. The normalized spacial score (nSPS) is 9.81. The first kappa shape index (κ1) is 18.6. The van der Waals surface area contributed by atoms with E-state index in [1.807, 2.05) is 52.0 Å². The molecule has 3 heteroatoms. The maximum Gasteiger partial charge on any atom is 0.213 e. The summed E-state index contributed by atoms with van der Waals surface area (Å²) in [5.41, 5.74) is 1.82. The van der Waals surface area contributed by atoms with E-state index >= 15 is 0 Å². The zero-order chi connectivity index (χ0) is 16.3. The molecule has 0 aliphatic carbocycles. The molecule has 0 atom stereocenters. The second-order valence-corrected chi connectivity index (χ2v) is 3.48. The first-order valence-electron chi connectivity index (χ1n) is 7.20. The minimum absolute atomic E-state index is 0.155. The van der Waals surface area contributed by atoms with Crippen molar-refractivity contribution in [3.8, 4) is 0 Å². The van der Waals surface area contributed by atoms with Crippen molar-refractivity contribution in [3.05, 3.63) is 61.5 Å². The molecule has 1 aromatic heterocycles. The number of aromatic nitrogens is 1. The van der Waals surface area contributed by atoms with E-state index in [0.29, 0.717) is 11.3 Å². The largest absolute Gasteiger partial charge is 0.360 e. The van der Waals surface area contributed by atoms with Crippen LogP contribution in [-0.2, 0) is 0 Å². The number of H-pyrrole nitrogens is 1. The van der Waals surface area contributed by atoms with Crippen LogP contribution in [0.25, 0.3) is 10.9 Å². The fraction of sp³-hybridized carbons (Fsp3) is 0.222. The molecule has 0 unspecified atom stereocenters. The molecule has 0 spiro atoms. The van der Waals surface area contributed by atoms with Gasteiger partial charge in [0.2, 0.25) is 5.78 Å². The minimum Gasteiger partial charge on any atom is -0.360 e. The van der Waals surface area contributed by atoms with Crippen LogP contribution in [0.15, 0.2) is 60.9 Å². The lowest BCUT2D eigenvalue weighted by molar-refractivity contribution is 0.106. The Hall–Kier alpha value is -2.42. The third kappa shape index (κ3) is 4.56. The fourth-order valence-corrected chi connectivity index (χ4v) is 1.70. The van der Waals surface area contributed by atoms with Gasteiger partial charge in [0, 0.05) is 28.9 Å². The summed E-state index contributed by atoms with van der Waals surface area (Å²) in [7, 11) is 0. The van der Waals surface area contributed by atoms with E-state index in [0.717, 1.165) is 10.9 Å². The second-order valence-electron chi connectivity index (χ2n) is 3.48. The fourth-order valence-electron chi connectivity index (χ4n) is 1.70. The third-order valence-electron chi connectivity index (χ3n) is 2.49. The zero-order valence-corrected chi connectivity index (χ0v) is 13.3. The number of fused-ring (bicyclic) bond motifs is 1. The van der Waals surface area contributed by atoms with Gasteiger partial charge < -0.3 is 4.98 Å². The lowest BCUT2D eigenvalue weighted by Crippen LogP contribution is -2.10. The number of carbonyl (C=O) groups is 1. The Bertz CT molecular complexity index is 621. The summed E-state index contributed by atoms with van der Waals surface area (Å²) in [6.07, 6.45) is 4.46. The zero-order valence-electron chi connectivity index (χ0n) is 13.3. The van der Waals surface area contributed by atoms with Crippen LogP contribution in [-0.4, -0.2) is 16.5 Å². The van der Waals surface area contributed by atoms with Gasteiger partial charge in [-0.3, -0.25) is 9.79 Å². The summed E-state index contributed by atoms with van der Waals surface area (Å²) < 4.78 is 0. The Morgan fingerprint density at radius 1 is 1.14 bits per heavy atom. The Morgan fingerprint density at radius 2 is 1.76 bits per heavy atom. The number of aromatic amines is 1. The first-order chi connectivity index (χ1) is 10.3. The molecule has 1 N–H and O–H groups in total. The molecule has 112 valence electrons. The topological polar surface area (TPSA) is 45.2 Å². The van der Waals surface area contributed by atoms with Gasteiger partial charge in [-0.1, -0.05) is 59.1 Å². The van der Waals surface area contributed by atoms with Crippen molar-refractivity contribution < 1.29 is 4.79 Å². The van der Waals surface area contributed by atoms with Crippen LogP contribution >= 0.6 is 0 Å². The Labute approximate surface area is 127 Å². The highest BCUT2D eigenvalue weighted by Crippen LogP contribution is 2.18. The van der Waals surface area contributed by atoms with Crippen LogP contribution < -0.4 is 0 Å². The summed E-state index contributed by atoms with van der Waals surface area (Å²) in [4.78, 5) is 19.1. The van der Waals surface area contributed by atoms with Gasteiger partial charge in [0.25, 0.3) is 0 Å². The van der Waals surface area contributed by atoms with Crippen molar-refractivity contribution in [2.75, 3.05) is 0 Å². The summed E-state index contributed by atoms with van der Waals surface area (Å²) in [5, 5.41) is 0.885. The number of rotatable bonds is 4. The smallest absolute Gasteiger partial charge is 0.213 e. The molecule has 2 aromatic rings. The Kier molecular flexibility index (Phi) is 9.18. The molecule has 0 fully saturated rings. The molecular formula is C18H24N2O. The van der Waals surface area contributed by atoms with Crippen molar-refractivity contribution in [2.24, 2.45) is 4.99 Å². The highest BCUT2D eigenvalue weighted by molar-refractivity contribution is 6.51. The Balaban J connectivity index is 0.000000921. The molecule has 2 rings (SSSR count). The molecule has 0 radical (unpaired) electrons. The van der Waals surface area contributed by atoms with Crippen LogP contribution in [0.2, 0.25) is 0 Å². The number of aliphatic imine (C=N–C) groups is 1. The number of hydrogen-bond acceptors (Lipinski definition) is 2. The van der Waals surface area contributed by atoms with Crippen molar-refractivity contribution in [3.63, 3.8) is 0 Å². The Morgan fingerprint density at radius 3 is 2.33 bits per heavy atom. The van der Waals surface area contributed by atoms with E-state index in [9.17, 15) is 4.79 Å². The summed E-state index contributed by atoms with van der Waals surface area (Å²) in [6, 6.07) is 7.63. The lowest BCUT2D eigenvalue weighted by Gasteiger charge is -1.98. The molecule has 0 aliphatic rings. The molecule has 1 heterocycles. The number of benzene rings is 1. The highest BCUT2D eigenvalue weighted by Gasteiger charge is 2.14. The SMILES string of the molecule is C=CN=C(C=C)C(=O)c1c[nH]c2ccccc12.CC.CC. The van der Waals surface area contributed by atoms with Crippen molar-refractivity contribution >= 4 is 22.4 Å². The van der Waals surface area contributed by atoms with E-state index in [-0.39, 0.29) is 5.78 Å². The average molecular weight is 284 g/mol. The molecule has 3 nitrogen and oxygen atoms in total. The van der Waals surface area contributed by atoms with Crippen molar-refractivity contribution in [2.45, 2.75) is 27.7 Å². The second kappa shape index (κ2) is 10.4. The van der Waals surface area contributed by atoms with Crippen LogP contribution in [0.1, 0.15) is 38.1 Å². The summed E-state index contributed by atoms with van der Waals surface area (Å²) >= 11 is 0. The number of allylic oxidation sites excluding steroid dienone is 1. The number of ketones is 1. The summed E-state index contributed by atoms with van der Waals surface area (Å²) in [5.74, 6) is -0.155. The monoisotopic (exact) mass is 284 g/mol. The van der Waals surface area contributed by atoms with Crippen LogP contribution in [0.5, 0.6) is 0 Å². The van der Waals surface area contributed by atoms with E-state index in [2.05, 4.69) is 23.1 Å². The number of nitrogens with one attached hydrogen (secondary N) is 1. The van der Waals surface area contributed by atoms with E-state index in [4.69, 9.17) is 0 Å². The van der Waals surface area contributed by atoms with Gasteiger partial charge >= 0.3 is 0 Å². The van der Waals surface area contributed by atoms with Crippen molar-refractivity contribution in [1.29, 1.82) is 0 Å². The van der Waals surface area contributed by atoms with Gasteiger partial charge in [-0.05, 0) is 12.1 Å². The number of para-hydroxylation sites is 1. The van der Waals surface area contributed by atoms with E-state index < -0.39 is 0 Å². The van der Waals surface area contributed by atoms with E-state index in [1.165, 1.54) is 12.3 Å². The average Bonchev–Trinajstić information content (AvgIpc) is 3.00. The lowest BCUT2D eigenvalue weighted by atomic mass is 10.1. The first-order valence-corrected chi connectivity index (χ1v) is 7.20. The molecule has 0 aliphatic heterocycles. The molecule has 0 amide bonds. The van der Waals surface area contributed by atoms with Gasteiger partial charge in [-0.2, -0.15) is 0 Å². The molecule has 0 saturated carbocycles. The number of Topliss-reactive ketones (excluding diaryl/α,β-unsaturated/α-hetero) is 1. The van der Waals surface area contributed by atoms with Crippen molar-refractivity contribution in [1.82, 2.24) is 4.98 Å². The van der Waals surface area contributed by atoms with Crippen LogP contribution in [0, 0.1) is 0 Å². The third-order valence-corrected chi connectivity index (χ3v) is 2.49. The molecule has 0 bridgehead atoms. The van der Waals surface area contributed by atoms with Gasteiger partial charge in [-0.25, -0.2) is 0 Å². The van der Waals surface area contributed by atoms with Gasteiger partial charge in [0.1, 0.15) is 5.71 Å². The van der Waals surface area contributed by atoms with Crippen LogP contribution in [0.4, 0.5) is 0 Å².